The van der Waals surface area contributed by atoms with Crippen molar-refractivity contribution in [1.29, 1.82) is 0 Å². The maximum Gasteiger partial charge on any atom is 0.240 e. The molecule has 1 N–H and O–H groups in total. The van der Waals surface area contributed by atoms with Gasteiger partial charge in [-0.05, 0) is 49.4 Å². The molecule has 0 aromatic heterocycles. The zero-order valence-electron chi connectivity index (χ0n) is 14.6. The zero-order valence-corrected chi connectivity index (χ0v) is 15.5. The van der Waals surface area contributed by atoms with Gasteiger partial charge in [0.05, 0.1) is 4.90 Å². The van der Waals surface area contributed by atoms with Crippen LogP contribution in [0.25, 0.3) is 0 Å². The predicted octanol–water partition coefficient (Wildman–Crippen LogP) is 2.32. The van der Waals surface area contributed by atoms with Crippen LogP contribution in [0.5, 0.6) is 0 Å². The summed E-state index contributed by atoms with van der Waals surface area (Å²) in [7, 11) is -3.42. The molecule has 0 spiro atoms. The molecule has 1 fully saturated rings. The highest BCUT2D eigenvalue weighted by atomic mass is 32.2. The minimum absolute atomic E-state index is 0.217. The van der Waals surface area contributed by atoms with Gasteiger partial charge in [0.25, 0.3) is 0 Å². The lowest BCUT2D eigenvalue weighted by atomic mass is 10.2. The molecule has 7 heteroatoms. The summed E-state index contributed by atoms with van der Waals surface area (Å²) in [5, 5.41) is 0. The van der Waals surface area contributed by atoms with Crippen LogP contribution in [-0.4, -0.2) is 52.6 Å². The number of sulfonamides is 1. The van der Waals surface area contributed by atoms with Crippen LogP contribution in [0.15, 0.2) is 59.5 Å². The summed E-state index contributed by atoms with van der Waals surface area (Å²) in [6.07, 6.45) is 0.766. The number of anilines is 1. The summed E-state index contributed by atoms with van der Waals surface area (Å²) in [6, 6.07) is 15.0. The van der Waals surface area contributed by atoms with E-state index in [1.807, 2.05) is 12.1 Å². The lowest BCUT2D eigenvalue weighted by Gasteiger charge is -2.36. The molecule has 0 radical (unpaired) electrons. The summed E-state index contributed by atoms with van der Waals surface area (Å²) in [5.41, 5.74) is 1.04. The predicted molar refractivity (Wildman–Crippen MR) is 101 cm³/mol. The van der Waals surface area contributed by atoms with E-state index < -0.39 is 10.0 Å². The molecule has 1 aliphatic rings. The standard InChI is InChI=1S/C19H24FN3O2S/c20-17-7-9-18(10-8-17)23-15-13-22(14-16-23)12-4-11-21-26(24,25)19-5-2-1-3-6-19/h1-3,5-10,21H,4,11-16H2. The zero-order chi connectivity index (χ0) is 18.4. The van der Waals surface area contributed by atoms with E-state index in [9.17, 15) is 12.8 Å². The van der Waals surface area contributed by atoms with Crippen molar-refractivity contribution in [1.82, 2.24) is 9.62 Å². The van der Waals surface area contributed by atoms with Crippen molar-refractivity contribution in [3.8, 4) is 0 Å². The van der Waals surface area contributed by atoms with E-state index in [4.69, 9.17) is 0 Å². The Morgan fingerprint density at radius 2 is 1.58 bits per heavy atom. The minimum Gasteiger partial charge on any atom is -0.369 e. The fourth-order valence-corrected chi connectivity index (χ4v) is 4.17. The molecule has 1 heterocycles. The van der Waals surface area contributed by atoms with Gasteiger partial charge in [-0.15, -0.1) is 0 Å². The van der Waals surface area contributed by atoms with E-state index in [0.29, 0.717) is 11.4 Å². The van der Waals surface area contributed by atoms with E-state index in [0.717, 1.165) is 44.8 Å². The number of piperazine rings is 1. The minimum atomic E-state index is -3.42. The highest BCUT2D eigenvalue weighted by Gasteiger charge is 2.17. The molecular weight excluding hydrogens is 353 g/mol. The third kappa shape index (κ3) is 5.03. The van der Waals surface area contributed by atoms with Gasteiger partial charge in [-0.1, -0.05) is 18.2 Å². The first-order valence-electron chi connectivity index (χ1n) is 8.82. The van der Waals surface area contributed by atoms with Crippen LogP contribution in [0.4, 0.5) is 10.1 Å². The summed E-state index contributed by atoms with van der Waals surface area (Å²) >= 11 is 0. The van der Waals surface area contributed by atoms with E-state index in [-0.39, 0.29) is 5.82 Å². The van der Waals surface area contributed by atoms with Crippen LogP contribution in [-0.2, 0) is 10.0 Å². The van der Waals surface area contributed by atoms with Gasteiger partial charge >= 0.3 is 0 Å². The second-order valence-electron chi connectivity index (χ2n) is 6.37. The first-order chi connectivity index (χ1) is 12.5. The second kappa shape index (κ2) is 8.62. The van der Waals surface area contributed by atoms with E-state index >= 15 is 0 Å². The van der Waals surface area contributed by atoms with E-state index in [2.05, 4.69) is 14.5 Å². The molecule has 0 aliphatic carbocycles. The van der Waals surface area contributed by atoms with Gasteiger partial charge < -0.3 is 4.90 Å². The Labute approximate surface area is 154 Å². The largest absolute Gasteiger partial charge is 0.369 e. The number of hydrogen-bond donors (Lipinski definition) is 1. The molecule has 0 amide bonds. The average Bonchev–Trinajstić information content (AvgIpc) is 2.67. The molecule has 1 aliphatic heterocycles. The molecule has 3 rings (SSSR count). The smallest absolute Gasteiger partial charge is 0.240 e. The quantitative estimate of drug-likeness (QED) is 0.753. The van der Waals surface area contributed by atoms with Gasteiger partial charge in [0, 0.05) is 38.4 Å². The SMILES string of the molecule is O=S(=O)(NCCCN1CCN(c2ccc(F)cc2)CC1)c1ccccc1. The van der Waals surface area contributed by atoms with Crippen LogP contribution >= 0.6 is 0 Å². The van der Waals surface area contributed by atoms with Gasteiger partial charge in [-0.25, -0.2) is 17.5 Å². The monoisotopic (exact) mass is 377 g/mol. The molecule has 0 atom stereocenters. The Hall–Kier alpha value is -1.96. The Bertz CT molecular complexity index is 789. The van der Waals surface area contributed by atoms with Crippen molar-refractivity contribution in [3.05, 3.63) is 60.4 Å². The lowest BCUT2D eigenvalue weighted by Crippen LogP contribution is -2.47. The lowest BCUT2D eigenvalue weighted by molar-refractivity contribution is 0.255. The molecule has 26 heavy (non-hydrogen) atoms. The molecule has 0 saturated carbocycles. The van der Waals surface area contributed by atoms with Crippen molar-refractivity contribution >= 4 is 15.7 Å². The summed E-state index contributed by atoms with van der Waals surface area (Å²) < 4.78 is 40.0. The van der Waals surface area contributed by atoms with Crippen LogP contribution in [0, 0.1) is 5.82 Å². The van der Waals surface area contributed by atoms with Gasteiger partial charge in [0.15, 0.2) is 0 Å². The van der Waals surface area contributed by atoms with Crippen LogP contribution in [0.1, 0.15) is 6.42 Å². The van der Waals surface area contributed by atoms with Gasteiger partial charge in [0.1, 0.15) is 5.82 Å². The highest BCUT2D eigenvalue weighted by molar-refractivity contribution is 7.89. The number of hydrogen-bond acceptors (Lipinski definition) is 4. The molecule has 0 bridgehead atoms. The van der Waals surface area contributed by atoms with Crippen molar-refractivity contribution in [2.24, 2.45) is 0 Å². The number of benzene rings is 2. The van der Waals surface area contributed by atoms with Gasteiger partial charge in [0.2, 0.25) is 10.0 Å². The third-order valence-corrected chi connectivity index (χ3v) is 6.04. The highest BCUT2D eigenvalue weighted by Crippen LogP contribution is 2.17. The number of halogens is 1. The number of nitrogens with one attached hydrogen (secondary N) is 1. The molecule has 2 aromatic rings. The fraction of sp³-hybridized carbons (Fsp3) is 0.368. The van der Waals surface area contributed by atoms with Crippen molar-refractivity contribution < 1.29 is 12.8 Å². The summed E-state index contributed by atoms with van der Waals surface area (Å²) in [6.45, 7) is 4.90. The molecule has 2 aromatic carbocycles. The topological polar surface area (TPSA) is 52.7 Å². The summed E-state index contributed by atoms with van der Waals surface area (Å²) in [4.78, 5) is 4.87. The van der Waals surface area contributed by atoms with Crippen LogP contribution in [0.3, 0.4) is 0 Å². The third-order valence-electron chi connectivity index (χ3n) is 4.56. The molecular formula is C19H24FN3O2S. The first-order valence-corrected chi connectivity index (χ1v) is 10.3. The first kappa shape index (κ1) is 18.8. The van der Waals surface area contributed by atoms with Crippen LogP contribution in [0.2, 0.25) is 0 Å². The molecule has 0 unspecified atom stereocenters. The van der Waals surface area contributed by atoms with Crippen LogP contribution < -0.4 is 9.62 Å². The maximum absolute atomic E-state index is 13.0. The second-order valence-corrected chi connectivity index (χ2v) is 8.14. The number of rotatable bonds is 7. The van der Waals surface area contributed by atoms with Crippen molar-refractivity contribution in [2.45, 2.75) is 11.3 Å². The van der Waals surface area contributed by atoms with Gasteiger partial charge in [-0.3, -0.25) is 4.90 Å². The van der Waals surface area contributed by atoms with E-state index in [1.54, 1.807) is 30.3 Å². The normalized spacial score (nSPS) is 16.0. The van der Waals surface area contributed by atoms with Crippen molar-refractivity contribution in [2.75, 3.05) is 44.2 Å². The van der Waals surface area contributed by atoms with Crippen molar-refractivity contribution in [3.63, 3.8) is 0 Å². The molecule has 1 saturated heterocycles. The Balaban J connectivity index is 1.38. The average molecular weight is 377 g/mol. The molecule has 5 nitrogen and oxygen atoms in total. The number of nitrogens with zero attached hydrogens (tertiary/aromatic N) is 2. The fourth-order valence-electron chi connectivity index (χ4n) is 3.07. The Morgan fingerprint density at radius 1 is 0.923 bits per heavy atom. The maximum atomic E-state index is 13.0. The molecule has 140 valence electrons. The Morgan fingerprint density at radius 3 is 2.23 bits per heavy atom. The Kier molecular flexibility index (Phi) is 6.24. The van der Waals surface area contributed by atoms with Gasteiger partial charge in [-0.2, -0.15) is 0 Å². The van der Waals surface area contributed by atoms with E-state index in [1.165, 1.54) is 12.1 Å². The summed E-state index contributed by atoms with van der Waals surface area (Å²) in [5.74, 6) is -0.217.